The van der Waals surface area contributed by atoms with Crippen LogP contribution < -0.4 is 5.32 Å². The molecule has 2 aromatic rings. The molecule has 2 N–H and O–H groups in total. The van der Waals surface area contributed by atoms with Gasteiger partial charge in [0.05, 0.1) is 0 Å². The van der Waals surface area contributed by atoms with Gasteiger partial charge < -0.3 is 5.32 Å². The number of rotatable bonds is 2. The fraction of sp³-hybridized carbons (Fsp3) is 0.167. The van der Waals surface area contributed by atoms with E-state index < -0.39 is 17.8 Å². The number of hydrogen-bond acceptors (Lipinski definition) is 2. The molecule has 1 aromatic carbocycles. The monoisotopic (exact) mass is 269 g/mol. The summed E-state index contributed by atoms with van der Waals surface area (Å²) in [6.07, 6.45) is -4.52. The third-order valence-corrected chi connectivity index (χ3v) is 2.51. The van der Waals surface area contributed by atoms with E-state index in [1.54, 1.807) is 31.2 Å². The van der Waals surface area contributed by atoms with Gasteiger partial charge in [0.2, 0.25) is 0 Å². The molecule has 0 aliphatic carbocycles. The van der Waals surface area contributed by atoms with E-state index in [2.05, 4.69) is 10.4 Å². The Hall–Kier alpha value is -2.31. The zero-order valence-electron chi connectivity index (χ0n) is 9.88. The van der Waals surface area contributed by atoms with Crippen molar-refractivity contribution >= 4 is 11.7 Å². The Morgan fingerprint density at radius 1 is 1.32 bits per heavy atom. The van der Waals surface area contributed by atoms with E-state index in [0.29, 0.717) is 5.56 Å². The summed E-state index contributed by atoms with van der Waals surface area (Å²) in [5, 5.41) is 7.54. The van der Waals surface area contributed by atoms with Crippen molar-refractivity contribution < 1.29 is 18.0 Å². The van der Waals surface area contributed by atoms with Crippen molar-refractivity contribution in [3.63, 3.8) is 0 Å². The number of carbonyl (C=O) groups excluding carboxylic acids is 1. The Morgan fingerprint density at radius 2 is 2.00 bits per heavy atom. The molecule has 100 valence electrons. The fourth-order valence-electron chi connectivity index (χ4n) is 1.54. The number of alkyl halides is 3. The number of halogens is 3. The van der Waals surface area contributed by atoms with Gasteiger partial charge >= 0.3 is 6.18 Å². The van der Waals surface area contributed by atoms with E-state index in [1.165, 1.54) is 0 Å². The molecule has 0 aliphatic rings. The Morgan fingerprint density at radius 3 is 2.58 bits per heavy atom. The maximum atomic E-state index is 12.3. The highest BCUT2D eigenvalue weighted by Gasteiger charge is 2.33. The second kappa shape index (κ2) is 4.75. The lowest BCUT2D eigenvalue weighted by molar-refractivity contribution is -0.141. The summed E-state index contributed by atoms with van der Waals surface area (Å²) < 4.78 is 37.0. The number of anilines is 1. The molecule has 2 rings (SSSR count). The molecule has 1 heterocycles. The molecule has 0 radical (unpaired) electrons. The van der Waals surface area contributed by atoms with E-state index in [1.807, 2.05) is 5.10 Å². The van der Waals surface area contributed by atoms with Crippen LogP contribution in [0.25, 0.3) is 0 Å². The number of carbonyl (C=O) groups is 1. The molecule has 0 unspecified atom stereocenters. The predicted octanol–water partition coefficient (Wildman–Crippen LogP) is 2.99. The summed E-state index contributed by atoms with van der Waals surface area (Å²) in [5.41, 5.74) is 0.109. The first kappa shape index (κ1) is 13.1. The van der Waals surface area contributed by atoms with Crippen LogP contribution in [0.4, 0.5) is 19.0 Å². The van der Waals surface area contributed by atoms with Gasteiger partial charge in [-0.3, -0.25) is 9.89 Å². The van der Waals surface area contributed by atoms with Crippen LogP contribution in [0.1, 0.15) is 21.6 Å². The highest BCUT2D eigenvalue weighted by atomic mass is 19.4. The Labute approximate surface area is 106 Å². The van der Waals surface area contributed by atoms with E-state index in [4.69, 9.17) is 0 Å². The highest BCUT2D eigenvalue weighted by molar-refractivity contribution is 6.04. The lowest BCUT2D eigenvalue weighted by Crippen LogP contribution is -2.13. The van der Waals surface area contributed by atoms with Crippen LogP contribution in [0.15, 0.2) is 30.3 Å². The Balaban J connectivity index is 2.16. The predicted molar refractivity (Wildman–Crippen MR) is 62.7 cm³/mol. The number of aryl methyl sites for hydroxylation is 1. The zero-order chi connectivity index (χ0) is 14.0. The summed E-state index contributed by atoms with van der Waals surface area (Å²) in [6.45, 7) is 1.74. The summed E-state index contributed by atoms with van der Waals surface area (Å²) >= 11 is 0. The van der Waals surface area contributed by atoms with Crippen molar-refractivity contribution in [2.75, 3.05) is 5.32 Å². The summed E-state index contributed by atoms with van der Waals surface area (Å²) in [6, 6.07) is 7.51. The maximum Gasteiger partial charge on any atom is 0.432 e. The minimum absolute atomic E-state index is 0.166. The molecular formula is C12H10F3N3O. The van der Waals surface area contributed by atoms with Crippen LogP contribution in [0.3, 0.4) is 0 Å². The lowest BCUT2D eigenvalue weighted by atomic mass is 10.1. The third-order valence-electron chi connectivity index (χ3n) is 2.51. The molecule has 0 saturated carbocycles. The first-order valence-electron chi connectivity index (χ1n) is 5.37. The normalized spacial score (nSPS) is 11.4. The van der Waals surface area contributed by atoms with E-state index in [-0.39, 0.29) is 5.82 Å². The summed E-state index contributed by atoms with van der Waals surface area (Å²) in [5.74, 6) is -0.668. The fourth-order valence-corrected chi connectivity index (χ4v) is 1.54. The number of aromatic nitrogens is 2. The van der Waals surface area contributed by atoms with E-state index >= 15 is 0 Å². The van der Waals surface area contributed by atoms with Gasteiger partial charge in [-0.25, -0.2) is 0 Å². The Kier molecular flexibility index (Phi) is 3.28. The van der Waals surface area contributed by atoms with E-state index in [9.17, 15) is 18.0 Å². The molecule has 0 aliphatic heterocycles. The molecule has 1 aromatic heterocycles. The number of amides is 1. The van der Waals surface area contributed by atoms with Crippen LogP contribution >= 0.6 is 0 Å². The standard InChI is InChI=1S/C12H10F3N3O/c1-7-4-2-3-5-8(7)11(19)16-10-6-9(17-18-10)12(13,14)15/h2-6H,1H3,(H2,16,17,18,19). The van der Waals surface area contributed by atoms with Crippen molar-refractivity contribution in [1.82, 2.24) is 10.2 Å². The molecule has 7 heteroatoms. The van der Waals surface area contributed by atoms with Gasteiger partial charge in [0.25, 0.3) is 5.91 Å². The number of H-pyrrole nitrogens is 1. The quantitative estimate of drug-likeness (QED) is 0.880. The van der Waals surface area contributed by atoms with Crippen molar-refractivity contribution in [1.29, 1.82) is 0 Å². The maximum absolute atomic E-state index is 12.3. The molecule has 1 amide bonds. The second-order valence-corrected chi connectivity index (χ2v) is 3.93. The van der Waals surface area contributed by atoms with Gasteiger partial charge in [-0.2, -0.15) is 18.3 Å². The van der Waals surface area contributed by atoms with Gasteiger partial charge in [-0.15, -0.1) is 0 Å². The van der Waals surface area contributed by atoms with Gasteiger partial charge in [0.1, 0.15) is 5.69 Å². The van der Waals surface area contributed by atoms with Crippen LogP contribution in [-0.2, 0) is 6.18 Å². The van der Waals surface area contributed by atoms with Crippen LogP contribution in [-0.4, -0.2) is 16.1 Å². The molecule has 0 bridgehead atoms. The molecule has 19 heavy (non-hydrogen) atoms. The van der Waals surface area contributed by atoms with E-state index in [0.717, 1.165) is 11.6 Å². The molecule has 0 fully saturated rings. The van der Waals surface area contributed by atoms with Crippen molar-refractivity contribution in [2.24, 2.45) is 0 Å². The summed E-state index contributed by atoms with van der Waals surface area (Å²) in [7, 11) is 0. The average molecular weight is 269 g/mol. The van der Waals surface area contributed by atoms with Gasteiger partial charge in [-0.1, -0.05) is 18.2 Å². The number of nitrogens with zero attached hydrogens (tertiary/aromatic N) is 1. The van der Waals surface area contributed by atoms with Crippen LogP contribution in [0.5, 0.6) is 0 Å². The zero-order valence-corrected chi connectivity index (χ0v) is 9.88. The van der Waals surface area contributed by atoms with Gasteiger partial charge in [0, 0.05) is 11.6 Å². The average Bonchev–Trinajstić information content (AvgIpc) is 2.77. The molecule has 0 spiro atoms. The van der Waals surface area contributed by atoms with Crippen LogP contribution in [0, 0.1) is 6.92 Å². The SMILES string of the molecule is Cc1ccccc1C(=O)Nc1cc(C(F)(F)F)[nH]n1. The van der Waals surface area contributed by atoms with Crippen molar-refractivity contribution in [2.45, 2.75) is 13.1 Å². The minimum atomic E-state index is -4.52. The lowest BCUT2D eigenvalue weighted by Gasteiger charge is -2.04. The highest BCUT2D eigenvalue weighted by Crippen LogP contribution is 2.28. The third kappa shape index (κ3) is 2.93. The van der Waals surface area contributed by atoms with Gasteiger partial charge in [0.15, 0.2) is 5.82 Å². The molecule has 0 saturated heterocycles. The van der Waals surface area contributed by atoms with Crippen LogP contribution in [0.2, 0.25) is 0 Å². The number of nitrogens with one attached hydrogen (secondary N) is 2. The second-order valence-electron chi connectivity index (χ2n) is 3.93. The smallest absolute Gasteiger partial charge is 0.305 e. The molecule has 0 atom stereocenters. The first-order valence-corrected chi connectivity index (χ1v) is 5.37. The molecular weight excluding hydrogens is 259 g/mol. The van der Waals surface area contributed by atoms with Gasteiger partial charge in [-0.05, 0) is 18.6 Å². The summed E-state index contributed by atoms with van der Waals surface area (Å²) in [4.78, 5) is 11.8. The first-order chi connectivity index (χ1) is 8.88. The topological polar surface area (TPSA) is 57.8 Å². The number of hydrogen-bond donors (Lipinski definition) is 2. The number of aromatic amines is 1. The molecule has 4 nitrogen and oxygen atoms in total. The minimum Gasteiger partial charge on any atom is -0.305 e. The Bertz CT molecular complexity index is 604. The van der Waals surface area contributed by atoms with Crippen molar-refractivity contribution in [3.8, 4) is 0 Å². The largest absolute Gasteiger partial charge is 0.432 e. The van der Waals surface area contributed by atoms with Crippen molar-refractivity contribution in [3.05, 3.63) is 47.2 Å². The number of benzene rings is 1.